The van der Waals surface area contributed by atoms with Crippen molar-refractivity contribution in [3.8, 4) is 0 Å². The van der Waals surface area contributed by atoms with Crippen LogP contribution in [-0.2, 0) is 40.4 Å². The maximum atomic E-state index is 13.9. The summed E-state index contributed by atoms with van der Waals surface area (Å²) >= 11 is 0. The Bertz CT molecular complexity index is 2060. The van der Waals surface area contributed by atoms with E-state index in [-0.39, 0.29) is 23.7 Å². The molecule has 1 amide bonds. The van der Waals surface area contributed by atoms with Crippen LogP contribution in [0.5, 0.6) is 0 Å². The number of amides is 1. The van der Waals surface area contributed by atoms with Gasteiger partial charge in [0.05, 0.1) is 4.90 Å². The van der Waals surface area contributed by atoms with Gasteiger partial charge in [-0.05, 0) is 61.2 Å². The average molecular weight is 803 g/mol. The number of benzene rings is 4. The Hall–Kier alpha value is -5.94. The Morgan fingerprint density at radius 1 is 0.625 bits per heavy atom. The molecule has 0 radical (unpaired) electrons. The van der Waals surface area contributed by atoms with E-state index >= 15 is 0 Å². The van der Waals surface area contributed by atoms with E-state index in [1.165, 1.54) is 12.1 Å². The Kier molecular flexibility index (Phi) is 15.6. The number of halogens is 4. The van der Waals surface area contributed by atoms with Gasteiger partial charge in [-0.15, -0.1) is 0 Å². The van der Waals surface area contributed by atoms with Gasteiger partial charge in [0.2, 0.25) is 15.9 Å². The zero-order valence-corrected chi connectivity index (χ0v) is 30.9. The molecule has 0 aromatic heterocycles. The molecule has 12 nitrogen and oxygen atoms in total. The normalized spacial score (nSPS) is 13.4. The lowest BCUT2D eigenvalue weighted by molar-refractivity contribution is -0.147. The molecule has 0 heterocycles. The number of rotatable bonds is 16. The fourth-order valence-electron chi connectivity index (χ4n) is 5.49. The van der Waals surface area contributed by atoms with Crippen LogP contribution in [0.4, 0.5) is 17.6 Å². The van der Waals surface area contributed by atoms with Gasteiger partial charge in [0, 0.05) is 17.5 Å². The fourth-order valence-corrected chi connectivity index (χ4v) is 6.70. The number of carbonyl (C=O) groups is 5. The molecule has 4 aromatic rings. The Morgan fingerprint density at radius 2 is 1.07 bits per heavy atom. The van der Waals surface area contributed by atoms with Gasteiger partial charge in [-0.1, -0.05) is 74.0 Å². The van der Waals surface area contributed by atoms with Crippen molar-refractivity contribution in [2.45, 2.75) is 62.4 Å². The number of carbonyl (C=O) groups excluding carboxylic acids is 2. The third-order valence-corrected chi connectivity index (χ3v) is 9.68. The number of aryl methyl sites for hydroxylation is 1. The van der Waals surface area contributed by atoms with Crippen molar-refractivity contribution in [3.63, 3.8) is 0 Å². The molecule has 0 saturated heterocycles. The Balaban J connectivity index is 0.000000303. The van der Waals surface area contributed by atoms with Gasteiger partial charge >= 0.3 is 17.9 Å². The van der Waals surface area contributed by atoms with Crippen molar-refractivity contribution in [1.82, 2.24) is 10.0 Å². The first-order valence-electron chi connectivity index (χ1n) is 16.8. The molecule has 0 spiro atoms. The number of Topliss-reactive ketones (excluding diaryl/α,β-unsaturated/α-hetero) is 1. The predicted molar refractivity (Wildman–Crippen MR) is 193 cm³/mol. The number of carboxylic acids is 3. The van der Waals surface area contributed by atoms with Crippen molar-refractivity contribution < 1.29 is 65.3 Å². The number of hydrogen-bond acceptors (Lipinski definition) is 7. The molecule has 298 valence electrons. The molecule has 4 aromatic carbocycles. The third kappa shape index (κ3) is 11.8. The Labute approximate surface area is 319 Å². The number of ketones is 1. The van der Waals surface area contributed by atoms with Crippen LogP contribution < -0.4 is 10.0 Å². The summed E-state index contributed by atoms with van der Waals surface area (Å²) in [6.07, 6.45) is 0.329. The topological polar surface area (TPSA) is 204 Å². The molecule has 17 heteroatoms. The highest BCUT2D eigenvalue weighted by Gasteiger charge is 2.43. The summed E-state index contributed by atoms with van der Waals surface area (Å²) < 4.78 is 83.5. The average Bonchev–Trinajstić information content (AvgIpc) is 3.11. The molecule has 56 heavy (non-hydrogen) atoms. The molecule has 0 saturated carbocycles. The van der Waals surface area contributed by atoms with Crippen molar-refractivity contribution in [3.05, 3.63) is 137 Å². The van der Waals surface area contributed by atoms with E-state index in [9.17, 15) is 65.3 Å². The minimum absolute atomic E-state index is 0.0128. The van der Waals surface area contributed by atoms with Crippen molar-refractivity contribution in [1.29, 1.82) is 0 Å². The number of hydrogen-bond donors (Lipinski definition) is 5. The maximum absolute atomic E-state index is 13.9. The molecule has 2 unspecified atom stereocenters. The van der Waals surface area contributed by atoms with Crippen LogP contribution in [0.15, 0.2) is 95.9 Å². The Morgan fingerprint density at radius 3 is 1.46 bits per heavy atom. The minimum Gasteiger partial charge on any atom is -0.480 e. The summed E-state index contributed by atoms with van der Waals surface area (Å²) in [7, 11) is -3.94. The largest absolute Gasteiger partial charge is 0.480 e. The molecule has 0 fully saturated rings. The number of carboxylic acid groups (broad SMARTS) is 3. The second-order valence-electron chi connectivity index (χ2n) is 12.9. The molecular formula is C39H38F4N2O10S. The lowest BCUT2D eigenvalue weighted by Gasteiger charge is -2.23. The monoisotopic (exact) mass is 802 g/mol. The second kappa shape index (κ2) is 19.6. The molecule has 0 bridgehead atoms. The molecule has 4 atom stereocenters. The van der Waals surface area contributed by atoms with Gasteiger partial charge in [0.15, 0.2) is 5.78 Å². The summed E-state index contributed by atoms with van der Waals surface area (Å²) in [5, 5.41) is 30.5. The standard InChI is InChI=1S/C22H28N2O5S.C17H10F4O5/c1-15(2)13-19(24-30(28,29)18-11-9-16(3)10-12-18)21(25)23-20(22(26)27)14-17-7-5-4-6-8-17;18-7-3-1-4-8(19)11(7)13(16(23)24)15(22)14(17(25)26)12-9(20)5-2-6-10(12)21/h4-12,15,19-20,24H,13-14H2,1-3H3,(H,23,25)(H,26,27);1-6,13-14H,(H,23,24)(H,25,26)/t19-,20-;/m0./s1. The van der Waals surface area contributed by atoms with Crippen LogP contribution in [0.1, 0.15) is 54.4 Å². The highest BCUT2D eigenvalue weighted by atomic mass is 32.2. The van der Waals surface area contributed by atoms with Gasteiger partial charge in [-0.25, -0.2) is 30.8 Å². The number of nitrogens with one attached hydrogen (secondary N) is 2. The van der Waals surface area contributed by atoms with Crippen LogP contribution in [0.2, 0.25) is 0 Å². The van der Waals surface area contributed by atoms with Crippen LogP contribution in [0.3, 0.4) is 0 Å². The van der Waals surface area contributed by atoms with Gasteiger partial charge in [-0.3, -0.25) is 19.2 Å². The van der Waals surface area contributed by atoms with Crippen LogP contribution in [-0.4, -0.2) is 65.4 Å². The van der Waals surface area contributed by atoms with Crippen molar-refractivity contribution >= 4 is 39.6 Å². The molecule has 0 aliphatic rings. The van der Waals surface area contributed by atoms with Gasteiger partial charge in [0.25, 0.3) is 0 Å². The van der Waals surface area contributed by atoms with Crippen molar-refractivity contribution in [2.24, 2.45) is 5.92 Å². The van der Waals surface area contributed by atoms with Crippen LogP contribution in [0.25, 0.3) is 0 Å². The molecular weight excluding hydrogens is 764 g/mol. The fraction of sp³-hybridized carbons (Fsp3) is 0.256. The first-order chi connectivity index (χ1) is 26.2. The molecule has 5 N–H and O–H groups in total. The van der Waals surface area contributed by atoms with E-state index in [0.717, 1.165) is 23.3 Å². The smallest absolute Gasteiger partial charge is 0.326 e. The van der Waals surface area contributed by atoms with E-state index in [1.54, 1.807) is 36.4 Å². The molecule has 0 aliphatic carbocycles. The highest BCUT2D eigenvalue weighted by Crippen LogP contribution is 2.33. The van der Waals surface area contributed by atoms with E-state index in [4.69, 9.17) is 0 Å². The lowest BCUT2D eigenvalue weighted by atomic mass is 9.83. The zero-order valence-electron chi connectivity index (χ0n) is 30.1. The van der Waals surface area contributed by atoms with E-state index in [0.29, 0.717) is 24.3 Å². The summed E-state index contributed by atoms with van der Waals surface area (Å²) in [6, 6.07) is 17.4. The minimum atomic E-state index is -3.94. The van der Waals surface area contributed by atoms with E-state index in [2.05, 4.69) is 10.0 Å². The van der Waals surface area contributed by atoms with Crippen LogP contribution in [0, 0.1) is 36.1 Å². The highest BCUT2D eigenvalue weighted by molar-refractivity contribution is 7.89. The van der Waals surface area contributed by atoms with Crippen molar-refractivity contribution in [2.75, 3.05) is 0 Å². The second-order valence-corrected chi connectivity index (χ2v) is 14.6. The molecule has 0 aliphatic heterocycles. The van der Waals surface area contributed by atoms with Gasteiger partial charge < -0.3 is 20.6 Å². The first-order valence-corrected chi connectivity index (χ1v) is 18.3. The summed E-state index contributed by atoms with van der Waals surface area (Å²) in [6.45, 7) is 5.57. The number of sulfonamides is 1. The quantitative estimate of drug-likeness (QED) is 0.0726. The third-order valence-electron chi connectivity index (χ3n) is 8.19. The summed E-state index contributed by atoms with van der Waals surface area (Å²) in [5.41, 5.74) is -0.762. The summed E-state index contributed by atoms with van der Waals surface area (Å²) in [4.78, 5) is 60.0. The van der Waals surface area contributed by atoms with Gasteiger partial charge in [-0.2, -0.15) is 4.72 Å². The predicted octanol–water partition coefficient (Wildman–Crippen LogP) is 5.35. The lowest BCUT2D eigenvalue weighted by Crippen LogP contribution is -2.52. The zero-order chi connectivity index (χ0) is 41.9. The SMILES string of the molecule is Cc1ccc(S(=O)(=O)N[C@@H](CC(C)C)C(=O)N[C@@H](Cc2ccccc2)C(=O)O)cc1.O=C(O)C(C(=O)C(C(=O)O)c1c(F)cccc1F)c1c(F)cccc1F. The number of aliphatic carboxylic acids is 3. The van der Waals surface area contributed by atoms with Gasteiger partial charge in [0.1, 0.15) is 47.2 Å². The van der Waals surface area contributed by atoms with E-state index < -0.39 is 97.9 Å². The summed E-state index contributed by atoms with van der Waals surface area (Å²) in [5.74, 6) is -18.6. The maximum Gasteiger partial charge on any atom is 0.326 e. The van der Waals surface area contributed by atoms with Crippen LogP contribution >= 0.6 is 0 Å². The first kappa shape index (κ1) is 44.5. The molecule has 4 rings (SSSR count). The van der Waals surface area contributed by atoms with E-state index in [1.807, 2.05) is 26.8 Å².